The van der Waals surface area contributed by atoms with E-state index in [0.717, 1.165) is 5.75 Å². The third-order valence-corrected chi connectivity index (χ3v) is 3.90. The molecule has 1 heterocycles. The normalized spacial score (nSPS) is 19.0. The molecule has 6 nitrogen and oxygen atoms in total. The summed E-state index contributed by atoms with van der Waals surface area (Å²) in [5.41, 5.74) is 0. The third-order valence-electron chi connectivity index (χ3n) is 2.81. The first kappa shape index (κ1) is 15.8. The lowest BCUT2D eigenvalue weighted by Crippen LogP contribution is -2.47. The first-order valence-electron chi connectivity index (χ1n) is 6.29. The van der Waals surface area contributed by atoms with E-state index in [1.807, 2.05) is 0 Å². The summed E-state index contributed by atoms with van der Waals surface area (Å²) in [6.45, 7) is 2.56. The topological polar surface area (TPSA) is 83.9 Å². The highest BCUT2D eigenvalue weighted by Crippen LogP contribution is 2.20. The summed E-state index contributed by atoms with van der Waals surface area (Å²) >= 11 is 1.65. The van der Waals surface area contributed by atoms with Gasteiger partial charge in [-0.1, -0.05) is 0 Å². The smallest absolute Gasteiger partial charge is 0.306 e. The highest BCUT2D eigenvalue weighted by atomic mass is 32.2. The number of carboxylic acid groups (broad SMARTS) is 1. The van der Waals surface area contributed by atoms with Crippen molar-refractivity contribution in [3.05, 3.63) is 0 Å². The van der Waals surface area contributed by atoms with Gasteiger partial charge >= 0.3 is 11.9 Å². The first-order chi connectivity index (χ1) is 9.04. The van der Waals surface area contributed by atoms with Crippen LogP contribution in [0.4, 0.5) is 0 Å². The van der Waals surface area contributed by atoms with Crippen LogP contribution in [0.3, 0.4) is 0 Å². The molecule has 1 atom stereocenters. The van der Waals surface area contributed by atoms with E-state index in [2.05, 4.69) is 0 Å². The molecule has 1 unspecified atom stereocenters. The summed E-state index contributed by atoms with van der Waals surface area (Å²) in [5.74, 6) is -0.0223. The molecule has 1 N–H and O–H groups in total. The zero-order valence-electron chi connectivity index (χ0n) is 11.0. The number of carbonyl (C=O) groups excluding carboxylic acids is 2. The minimum absolute atomic E-state index is 0.0435. The lowest BCUT2D eigenvalue weighted by molar-refractivity contribution is -0.147. The van der Waals surface area contributed by atoms with Gasteiger partial charge in [0.05, 0.1) is 25.5 Å². The monoisotopic (exact) mass is 289 g/mol. The molecular weight excluding hydrogens is 270 g/mol. The van der Waals surface area contributed by atoms with Gasteiger partial charge in [-0.05, 0) is 6.92 Å². The van der Waals surface area contributed by atoms with E-state index in [4.69, 9.17) is 9.84 Å². The molecule has 7 heteroatoms. The van der Waals surface area contributed by atoms with Gasteiger partial charge in [0.15, 0.2) is 0 Å². The highest BCUT2D eigenvalue weighted by Gasteiger charge is 2.28. The number of ether oxygens (including phenoxy) is 1. The van der Waals surface area contributed by atoms with Crippen molar-refractivity contribution >= 4 is 29.6 Å². The molecule has 1 amide bonds. The van der Waals surface area contributed by atoms with E-state index in [9.17, 15) is 14.4 Å². The Morgan fingerprint density at radius 3 is 2.74 bits per heavy atom. The summed E-state index contributed by atoms with van der Waals surface area (Å²) in [6, 6.07) is -0.272. The van der Waals surface area contributed by atoms with Crippen LogP contribution in [0.5, 0.6) is 0 Å². The number of carbonyl (C=O) groups is 3. The Labute approximate surface area is 116 Å². The van der Waals surface area contributed by atoms with Crippen LogP contribution in [0.2, 0.25) is 0 Å². The van der Waals surface area contributed by atoms with E-state index in [1.54, 1.807) is 23.6 Å². The molecule has 0 saturated carbocycles. The number of aliphatic carboxylic acids is 1. The highest BCUT2D eigenvalue weighted by molar-refractivity contribution is 7.99. The van der Waals surface area contributed by atoms with Gasteiger partial charge in [-0.15, -0.1) is 0 Å². The van der Waals surface area contributed by atoms with Crippen molar-refractivity contribution < 1.29 is 24.2 Å². The predicted octanol–water partition coefficient (Wildman–Crippen LogP) is 0.748. The molecule has 1 saturated heterocycles. The molecule has 0 aromatic carbocycles. The molecule has 0 aromatic heterocycles. The molecule has 1 aliphatic rings. The molecule has 1 rings (SSSR count). The minimum Gasteiger partial charge on any atom is -0.481 e. The maximum Gasteiger partial charge on any atom is 0.306 e. The molecule has 1 fully saturated rings. The lowest BCUT2D eigenvalue weighted by atomic mass is 10.1. The van der Waals surface area contributed by atoms with E-state index in [0.29, 0.717) is 18.9 Å². The Morgan fingerprint density at radius 2 is 2.11 bits per heavy atom. The van der Waals surface area contributed by atoms with Crippen molar-refractivity contribution in [3.8, 4) is 0 Å². The number of thioether (sulfide) groups is 1. The SMILES string of the molecule is CCOC(=O)CCC(=O)N1CCSCC1CC(=O)O. The zero-order chi connectivity index (χ0) is 14.3. The molecule has 0 radical (unpaired) electrons. The Morgan fingerprint density at radius 1 is 1.37 bits per heavy atom. The average molecular weight is 289 g/mol. The van der Waals surface area contributed by atoms with Crippen LogP contribution in [-0.4, -0.2) is 58.6 Å². The number of hydrogen-bond acceptors (Lipinski definition) is 5. The summed E-state index contributed by atoms with van der Waals surface area (Å²) in [7, 11) is 0. The fraction of sp³-hybridized carbons (Fsp3) is 0.750. The van der Waals surface area contributed by atoms with Crippen molar-refractivity contribution in [1.29, 1.82) is 0 Å². The van der Waals surface area contributed by atoms with Gasteiger partial charge in [-0.3, -0.25) is 14.4 Å². The molecule has 108 valence electrons. The maximum absolute atomic E-state index is 12.0. The van der Waals surface area contributed by atoms with Gasteiger partial charge < -0.3 is 14.7 Å². The summed E-state index contributed by atoms with van der Waals surface area (Å²) in [6.07, 6.45) is 0.0911. The Bertz CT molecular complexity index is 347. The van der Waals surface area contributed by atoms with Gasteiger partial charge in [0, 0.05) is 24.5 Å². The van der Waals surface area contributed by atoms with Crippen LogP contribution in [0.25, 0.3) is 0 Å². The van der Waals surface area contributed by atoms with Crippen molar-refractivity contribution in [2.24, 2.45) is 0 Å². The van der Waals surface area contributed by atoms with E-state index >= 15 is 0 Å². The zero-order valence-corrected chi connectivity index (χ0v) is 11.8. The first-order valence-corrected chi connectivity index (χ1v) is 7.44. The molecular formula is C12H19NO5S. The van der Waals surface area contributed by atoms with Gasteiger partial charge in [0.1, 0.15) is 0 Å². The molecule has 0 aliphatic carbocycles. The summed E-state index contributed by atoms with van der Waals surface area (Å²) in [4.78, 5) is 35.6. The fourth-order valence-corrected chi connectivity index (χ4v) is 3.00. The van der Waals surface area contributed by atoms with Crippen LogP contribution in [-0.2, 0) is 19.1 Å². The van der Waals surface area contributed by atoms with Crippen molar-refractivity contribution in [1.82, 2.24) is 4.90 Å². The Kier molecular flexibility index (Phi) is 6.69. The Balaban J connectivity index is 2.47. The fourth-order valence-electron chi connectivity index (χ4n) is 1.94. The van der Waals surface area contributed by atoms with E-state index in [1.165, 1.54) is 0 Å². The van der Waals surface area contributed by atoms with Crippen molar-refractivity contribution in [3.63, 3.8) is 0 Å². The Hall–Kier alpha value is -1.24. The van der Waals surface area contributed by atoms with Crippen LogP contribution in [0.15, 0.2) is 0 Å². The second kappa shape index (κ2) is 8.04. The van der Waals surface area contributed by atoms with Crippen LogP contribution >= 0.6 is 11.8 Å². The molecule has 19 heavy (non-hydrogen) atoms. The number of nitrogens with zero attached hydrogens (tertiary/aromatic N) is 1. The van der Waals surface area contributed by atoms with E-state index < -0.39 is 11.9 Å². The molecule has 0 aromatic rings. The molecule has 0 spiro atoms. The molecule has 0 bridgehead atoms. The summed E-state index contributed by atoms with van der Waals surface area (Å²) in [5, 5.41) is 8.83. The second-order valence-electron chi connectivity index (χ2n) is 4.22. The van der Waals surface area contributed by atoms with Gasteiger partial charge in [0.2, 0.25) is 5.91 Å². The number of esters is 1. The number of rotatable bonds is 6. The van der Waals surface area contributed by atoms with Gasteiger partial charge in [-0.2, -0.15) is 11.8 Å². The number of carboxylic acids is 1. The lowest BCUT2D eigenvalue weighted by Gasteiger charge is -2.34. The maximum atomic E-state index is 12.0. The van der Waals surface area contributed by atoms with Crippen LogP contribution in [0.1, 0.15) is 26.2 Å². The minimum atomic E-state index is -0.907. The third kappa shape index (κ3) is 5.50. The van der Waals surface area contributed by atoms with E-state index in [-0.39, 0.29) is 31.2 Å². The van der Waals surface area contributed by atoms with Crippen LogP contribution < -0.4 is 0 Å². The van der Waals surface area contributed by atoms with Gasteiger partial charge in [-0.25, -0.2) is 0 Å². The summed E-state index contributed by atoms with van der Waals surface area (Å²) < 4.78 is 4.76. The van der Waals surface area contributed by atoms with Crippen molar-refractivity contribution in [2.45, 2.75) is 32.2 Å². The standard InChI is InChI=1S/C12H19NO5S/c1-2-18-12(17)4-3-10(14)13-5-6-19-8-9(13)7-11(15)16/h9H,2-8H2,1H3,(H,15,16). The quantitative estimate of drug-likeness (QED) is 0.726. The van der Waals surface area contributed by atoms with Crippen LogP contribution in [0, 0.1) is 0 Å². The predicted molar refractivity (Wildman–Crippen MR) is 70.9 cm³/mol. The van der Waals surface area contributed by atoms with Crippen molar-refractivity contribution in [2.75, 3.05) is 24.7 Å². The average Bonchev–Trinajstić information content (AvgIpc) is 2.36. The second-order valence-corrected chi connectivity index (χ2v) is 5.37. The number of hydrogen-bond donors (Lipinski definition) is 1. The van der Waals surface area contributed by atoms with Gasteiger partial charge in [0.25, 0.3) is 0 Å². The number of amides is 1. The largest absolute Gasteiger partial charge is 0.481 e. The molecule has 1 aliphatic heterocycles.